The molecular formula is C12H21N3S. The minimum atomic E-state index is 0.641. The molecule has 0 saturated carbocycles. The fourth-order valence-corrected chi connectivity index (χ4v) is 3.02. The molecule has 0 amide bonds. The molecule has 0 atom stereocenters. The molecule has 16 heavy (non-hydrogen) atoms. The highest BCUT2D eigenvalue weighted by Crippen LogP contribution is 2.28. The van der Waals surface area contributed by atoms with E-state index in [1.165, 1.54) is 10.6 Å². The van der Waals surface area contributed by atoms with Gasteiger partial charge in [0.1, 0.15) is 0 Å². The van der Waals surface area contributed by atoms with Gasteiger partial charge in [0.15, 0.2) is 5.13 Å². The molecule has 2 heterocycles. The topological polar surface area (TPSA) is 28.2 Å². The summed E-state index contributed by atoms with van der Waals surface area (Å²) in [5.74, 6) is 0. The molecule has 90 valence electrons. The highest BCUT2D eigenvalue weighted by molar-refractivity contribution is 7.15. The van der Waals surface area contributed by atoms with E-state index in [2.05, 4.69) is 36.0 Å². The lowest BCUT2D eigenvalue weighted by atomic mass is 10.1. The van der Waals surface area contributed by atoms with Crippen LogP contribution in [0.15, 0.2) is 0 Å². The van der Waals surface area contributed by atoms with Gasteiger partial charge in [-0.2, -0.15) is 0 Å². The third-order valence-corrected chi connectivity index (χ3v) is 4.06. The van der Waals surface area contributed by atoms with Gasteiger partial charge in [-0.05, 0) is 20.3 Å². The molecule has 0 bridgehead atoms. The van der Waals surface area contributed by atoms with Crippen molar-refractivity contribution in [3.8, 4) is 0 Å². The number of nitrogens with one attached hydrogen (secondary N) is 1. The number of hydrogen-bond acceptors (Lipinski definition) is 4. The van der Waals surface area contributed by atoms with E-state index in [9.17, 15) is 0 Å². The molecule has 0 spiro atoms. The fraction of sp³-hybridized carbons (Fsp3) is 0.750. The van der Waals surface area contributed by atoms with Crippen LogP contribution in [-0.2, 0) is 13.0 Å². The Kier molecular flexibility index (Phi) is 3.82. The predicted octanol–water partition coefficient (Wildman–Crippen LogP) is 2.73. The van der Waals surface area contributed by atoms with Gasteiger partial charge in [0.25, 0.3) is 0 Å². The van der Waals surface area contributed by atoms with Crippen LogP contribution in [0.1, 0.15) is 37.8 Å². The first-order valence-electron chi connectivity index (χ1n) is 6.17. The van der Waals surface area contributed by atoms with E-state index in [0.29, 0.717) is 6.04 Å². The van der Waals surface area contributed by atoms with Gasteiger partial charge in [-0.3, -0.25) is 4.90 Å². The molecule has 0 radical (unpaired) electrons. The molecule has 1 aliphatic rings. The van der Waals surface area contributed by atoms with Crippen LogP contribution < -0.4 is 5.32 Å². The van der Waals surface area contributed by atoms with E-state index in [0.717, 1.165) is 37.6 Å². The number of hydrogen-bond donors (Lipinski definition) is 1. The van der Waals surface area contributed by atoms with Gasteiger partial charge >= 0.3 is 0 Å². The monoisotopic (exact) mass is 239 g/mol. The highest BCUT2D eigenvalue weighted by Gasteiger charge is 2.21. The lowest BCUT2D eigenvalue weighted by Crippen LogP contribution is -2.35. The SMILES string of the molecule is CCCNc1nc2c(s1)CN(C(C)C)CC2. The first-order chi connectivity index (χ1) is 7.70. The maximum absolute atomic E-state index is 4.66. The van der Waals surface area contributed by atoms with Crippen LogP contribution in [0.2, 0.25) is 0 Å². The molecule has 0 saturated heterocycles. The summed E-state index contributed by atoms with van der Waals surface area (Å²) in [4.78, 5) is 8.64. The Bertz CT molecular complexity index is 346. The van der Waals surface area contributed by atoms with Crippen molar-refractivity contribution in [3.63, 3.8) is 0 Å². The van der Waals surface area contributed by atoms with Crippen molar-refractivity contribution < 1.29 is 0 Å². The second-order valence-electron chi connectivity index (χ2n) is 4.63. The molecule has 0 unspecified atom stereocenters. The lowest BCUT2D eigenvalue weighted by Gasteiger charge is -2.29. The molecular weight excluding hydrogens is 218 g/mol. The first-order valence-corrected chi connectivity index (χ1v) is 6.99. The number of thiazole rings is 1. The molecule has 1 aliphatic heterocycles. The zero-order valence-electron chi connectivity index (χ0n) is 10.4. The first kappa shape index (κ1) is 11.9. The Morgan fingerprint density at radius 2 is 2.31 bits per heavy atom. The van der Waals surface area contributed by atoms with Gasteiger partial charge in [0, 0.05) is 37.0 Å². The predicted molar refractivity (Wildman–Crippen MR) is 70.1 cm³/mol. The van der Waals surface area contributed by atoms with Crippen molar-refractivity contribution in [1.29, 1.82) is 0 Å². The number of rotatable bonds is 4. The Labute approximate surface area is 102 Å². The molecule has 0 aromatic carbocycles. The number of fused-ring (bicyclic) bond motifs is 1. The van der Waals surface area contributed by atoms with Crippen LogP contribution in [-0.4, -0.2) is 29.0 Å². The standard InChI is InChI=1S/C12H21N3S/c1-4-6-13-12-14-10-5-7-15(9(2)3)8-11(10)16-12/h9H,4-8H2,1-3H3,(H,13,14). The minimum Gasteiger partial charge on any atom is -0.362 e. The molecule has 0 aliphatic carbocycles. The van der Waals surface area contributed by atoms with E-state index in [4.69, 9.17) is 0 Å². The van der Waals surface area contributed by atoms with Crippen molar-refractivity contribution in [3.05, 3.63) is 10.6 Å². The zero-order valence-corrected chi connectivity index (χ0v) is 11.2. The van der Waals surface area contributed by atoms with Crippen molar-refractivity contribution in [2.45, 2.75) is 46.2 Å². The molecule has 1 N–H and O–H groups in total. The van der Waals surface area contributed by atoms with Crippen LogP contribution in [0, 0.1) is 0 Å². The Balaban J connectivity index is 2.04. The molecule has 0 fully saturated rings. The summed E-state index contributed by atoms with van der Waals surface area (Å²) < 4.78 is 0. The maximum Gasteiger partial charge on any atom is 0.183 e. The summed E-state index contributed by atoms with van der Waals surface area (Å²) in [6.45, 7) is 9.98. The molecule has 3 nitrogen and oxygen atoms in total. The van der Waals surface area contributed by atoms with E-state index in [1.54, 1.807) is 0 Å². The van der Waals surface area contributed by atoms with Gasteiger partial charge in [0.2, 0.25) is 0 Å². The molecule has 1 aromatic heterocycles. The molecule has 2 rings (SSSR count). The van der Waals surface area contributed by atoms with Gasteiger partial charge in [-0.1, -0.05) is 6.92 Å². The van der Waals surface area contributed by atoms with Gasteiger partial charge in [-0.25, -0.2) is 4.98 Å². The van der Waals surface area contributed by atoms with Crippen molar-refractivity contribution in [1.82, 2.24) is 9.88 Å². The average Bonchev–Trinajstić information content (AvgIpc) is 2.67. The van der Waals surface area contributed by atoms with E-state index in [1.807, 2.05) is 11.3 Å². The smallest absolute Gasteiger partial charge is 0.183 e. The quantitative estimate of drug-likeness (QED) is 0.875. The van der Waals surface area contributed by atoms with E-state index in [-0.39, 0.29) is 0 Å². The second-order valence-corrected chi connectivity index (χ2v) is 5.71. The van der Waals surface area contributed by atoms with Gasteiger partial charge < -0.3 is 5.32 Å². The van der Waals surface area contributed by atoms with Crippen molar-refractivity contribution >= 4 is 16.5 Å². The Hall–Kier alpha value is -0.610. The highest BCUT2D eigenvalue weighted by atomic mass is 32.1. The van der Waals surface area contributed by atoms with E-state index >= 15 is 0 Å². The summed E-state index contributed by atoms with van der Waals surface area (Å²) in [5, 5.41) is 4.49. The van der Waals surface area contributed by atoms with Crippen molar-refractivity contribution in [2.75, 3.05) is 18.4 Å². The largest absolute Gasteiger partial charge is 0.362 e. The number of aromatic nitrogens is 1. The summed E-state index contributed by atoms with van der Waals surface area (Å²) in [7, 11) is 0. The van der Waals surface area contributed by atoms with Crippen LogP contribution in [0.3, 0.4) is 0 Å². The second kappa shape index (κ2) is 5.15. The van der Waals surface area contributed by atoms with Crippen molar-refractivity contribution in [2.24, 2.45) is 0 Å². The summed E-state index contributed by atoms with van der Waals surface area (Å²) in [5.41, 5.74) is 1.32. The third kappa shape index (κ3) is 2.55. The minimum absolute atomic E-state index is 0.641. The summed E-state index contributed by atoms with van der Waals surface area (Å²) in [6, 6.07) is 0.641. The number of nitrogens with zero attached hydrogens (tertiary/aromatic N) is 2. The summed E-state index contributed by atoms with van der Waals surface area (Å²) in [6.07, 6.45) is 2.26. The molecule has 4 heteroatoms. The average molecular weight is 239 g/mol. The van der Waals surface area contributed by atoms with E-state index < -0.39 is 0 Å². The maximum atomic E-state index is 4.66. The lowest BCUT2D eigenvalue weighted by molar-refractivity contribution is 0.205. The molecule has 1 aromatic rings. The van der Waals surface area contributed by atoms with Crippen LogP contribution in [0.5, 0.6) is 0 Å². The normalized spacial score (nSPS) is 16.5. The zero-order chi connectivity index (χ0) is 11.5. The summed E-state index contributed by atoms with van der Waals surface area (Å²) >= 11 is 1.83. The van der Waals surface area contributed by atoms with Crippen LogP contribution in [0.25, 0.3) is 0 Å². The third-order valence-electron chi connectivity index (χ3n) is 3.02. The number of anilines is 1. The van der Waals surface area contributed by atoms with Gasteiger partial charge in [-0.15, -0.1) is 11.3 Å². The van der Waals surface area contributed by atoms with Crippen LogP contribution >= 0.6 is 11.3 Å². The Morgan fingerprint density at radius 1 is 1.50 bits per heavy atom. The van der Waals surface area contributed by atoms with Crippen LogP contribution in [0.4, 0.5) is 5.13 Å². The Morgan fingerprint density at radius 3 is 3.00 bits per heavy atom. The fourth-order valence-electron chi connectivity index (χ4n) is 1.96. The van der Waals surface area contributed by atoms with Gasteiger partial charge in [0.05, 0.1) is 5.69 Å².